The molecule has 1 aromatic heterocycles. The zero-order valence-corrected chi connectivity index (χ0v) is 14.1. The summed E-state index contributed by atoms with van der Waals surface area (Å²) < 4.78 is 0. The zero-order chi connectivity index (χ0) is 15.6. The van der Waals surface area contributed by atoms with Gasteiger partial charge in [-0.15, -0.1) is 0 Å². The molecular formula is C16H29N5. The second kappa shape index (κ2) is 6.18. The van der Waals surface area contributed by atoms with Gasteiger partial charge < -0.3 is 15.5 Å². The van der Waals surface area contributed by atoms with E-state index in [1.165, 1.54) is 0 Å². The SMILES string of the molecule is CCC1CN(C)CCCN1c1cc(N)nc(C(C)(C)C)n1. The minimum Gasteiger partial charge on any atom is -0.384 e. The van der Waals surface area contributed by atoms with Crippen molar-refractivity contribution in [2.75, 3.05) is 37.3 Å². The number of likely N-dealkylation sites (N-methyl/N-ethyl adjacent to an activating group) is 1. The Labute approximate surface area is 128 Å². The first-order valence-electron chi connectivity index (χ1n) is 7.91. The lowest BCUT2D eigenvalue weighted by molar-refractivity contribution is 0.327. The van der Waals surface area contributed by atoms with E-state index in [0.717, 1.165) is 44.1 Å². The van der Waals surface area contributed by atoms with E-state index < -0.39 is 0 Å². The minimum absolute atomic E-state index is 0.0888. The highest BCUT2D eigenvalue weighted by molar-refractivity contribution is 5.48. The molecule has 0 radical (unpaired) electrons. The molecule has 0 amide bonds. The highest BCUT2D eigenvalue weighted by atomic mass is 15.3. The second-order valence-corrected chi connectivity index (χ2v) is 7.10. The number of hydrogen-bond donors (Lipinski definition) is 1. The molecule has 2 N–H and O–H groups in total. The van der Waals surface area contributed by atoms with Crippen molar-refractivity contribution < 1.29 is 0 Å². The van der Waals surface area contributed by atoms with Crippen molar-refractivity contribution >= 4 is 11.6 Å². The van der Waals surface area contributed by atoms with E-state index in [4.69, 9.17) is 10.7 Å². The molecule has 0 aromatic carbocycles. The zero-order valence-electron chi connectivity index (χ0n) is 14.1. The van der Waals surface area contributed by atoms with Crippen molar-refractivity contribution in [1.82, 2.24) is 14.9 Å². The molecular weight excluding hydrogens is 262 g/mol. The van der Waals surface area contributed by atoms with Crippen LogP contribution in [0.2, 0.25) is 0 Å². The van der Waals surface area contributed by atoms with Gasteiger partial charge in [0.1, 0.15) is 17.5 Å². The third-order valence-electron chi connectivity index (χ3n) is 4.07. The number of hydrogen-bond acceptors (Lipinski definition) is 5. The molecule has 118 valence electrons. The van der Waals surface area contributed by atoms with Crippen LogP contribution in [0.1, 0.15) is 46.4 Å². The topological polar surface area (TPSA) is 58.3 Å². The molecule has 1 atom stereocenters. The Hall–Kier alpha value is -1.36. The van der Waals surface area contributed by atoms with Crippen LogP contribution in [0.15, 0.2) is 6.07 Å². The Balaban J connectivity index is 2.37. The van der Waals surface area contributed by atoms with Gasteiger partial charge >= 0.3 is 0 Å². The van der Waals surface area contributed by atoms with Gasteiger partial charge in [0.2, 0.25) is 0 Å². The van der Waals surface area contributed by atoms with Gasteiger partial charge in [0.25, 0.3) is 0 Å². The number of nitrogens with zero attached hydrogens (tertiary/aromatic N) is 4. The van der Waals surface area contributed by atoms with Crippen LogP contribution < -0.4 is 10.6 Å². The number of nitrogen functional groups attached to an aromatic ring is 1. The van der Waals surface area contributed by atoms with Crippen LogP contribution in [0.3, 0.4) is 0 Å². The van der Waals surface area contributed by atoms with Gasteiger partial charge in [-0.1, -0.05) is 27.7 Å². The maximum absolute atomic E-state index is 6.03. The van der Waals surface area contributed by atoms with Crippen molar-refractivity contribution in [3.05, 3.63) is 11.9 Å². The van der Waals surface area contributed by atoms with Crippen molar-refractivity contribution in [3.63, 3.8) is 0 Å². The summed E-state index contributed by atoms with van der Waals surface area (Å²) in [4.78, 5) is 14.0. The lowest BCUT2D eigenvalue weighted by Gasteiger charge is -2.32. The summed E-state index contributed by atoms with van der Waals surface area (Å²) in [6.45, 7) is 11.9. The molecule has 0 aliphatic carbocycles. The summed E-state index contributed by atoms with van der Waals surface area (Å²) in [5.74, 6) is 2.37. The molecule has 0 saturated carbocycles. The van der Waals surface area contributed by atoms with Crippen molar-refractivity contribution in [2.45, 2.75) is 52.0 Å². The summed E-state index contributed by atoms with van der Waals surface area (Å²) in [5, 5.41) is 0. The van der Waals surface area contributed by atoms with Gasteiger partial charge in [-0.3, -0.25) is 0 Å². The molecule has 2 heterocycles. The van der Waals surface area contributed by atoms with Gasteiger partial charge in [-0.05, 0) is 26.4 Å². The van der Waals surface area contributed by atoms with E-state index in [9.17, 15) is 0 Å². The lowest BCUT2D eigenvalue weighted by atomic mass is 9.95. The van der Waals surface area contributed by atoms with Gasteiger partial charge in [0, 0.05) is 30.6 Å². The highest BCUT2D eigenvalue weighted by Gasteiger charge is 2.25. The summed E-state index contributed by atoms with van der Waals surface area (Å²) >= 11 is 0. The molecule has 5 heteroatoms. The molecule has 1 aliphatic heterocycles. The summed E-state index contributed by atoms with van der Waals surface area (Å²) in [6, 6.07) is 2.41. The Bertz CT molecular complexity index is 480. The van der Waals surface area contributed by atoms with E-state index in [1.807, 2.05) is 6.07 Å². The molecule has 1 unspecified atom stereocenters. The number of rotatable bonds is 2. The molecule has 2 rings (SSSR count). The summed E-state index contributed by atoms with van der Waals surface area (Å²) in [5.41, 5.74) is 5.94. The van der Waals surface area contributed by atoms with Crippen LogP contribution in [-0.4, -0.2) is 47.6 Å². The van der Waals surface area contributed by atoms with E-state index in [2.05, 4.69) is 49.5 Å². The summed E-state index contributed by atoms with van der Waals surface area (Å²) in [7, 11) is 2.20. The monoisotopic (exact) mass is 291 g/mol. The third-order valence-corrected chi connectivity index (χ3v) is 4.07. The Kier molecular flexibility index (Phi) is 4.71. The van der Waals surface area contributed by atoms with Gasteiger partial charge in [0.15, 0.2) is 0 Å². The average Bonchev–Trinajstić information content (AvgIpc) is 2.58. The fraction of sp³-hybridized carbons (Fsp3) is 0.750. The molecule has 21 heavy (non-hydrogen) atoms. The van der Waals surface area contributed by atoms with Crippen LogP contribution in [0.4, 0.5) is 11.6 Å². The van der Waals surface area contributed by atoms with Crippen LogP contribution in [0, 0.1) is 0 Å². The molecule has 5 nitrogen and oxygen atoms in total. The third kappa shape index (κ3) is 3.84. The first-order valence-corrected chi connectivity index (χ1v) is 7.91. The largest absolute Gasteiger partial charge is 0.384 e. The van der Waals surface area contributed by atoms with Crippen molar-refractivity contribution in [3.8, 4) is 0 Å². The highest BCUT2D eigenvalue weighted by Crippen LogP contribution is 2.26. The molecule has 1 fully saturated rings. The maximum atomic E-state index is 6.03. The fourth-order valence-electron chi connectivity index (χ4n) is 2.83. The maximum Gasteiger partial charge on any atom is 0.138 e. The quantitative estimate of drug-likeness (QED) is 0.906. The Morgan fingerprint density at radius 1 is 1.29 bits per heavy atom. The smallest absolute Gasteiger partial charge is 0.138 e. The molecule has 0 bridgehead atoms. The minimum atomic E-state index is -0.0888. The van der Waals surface area contributed by atoms with Crippen LogP contribution in [0.5, 0.6) is 0 Å². The fourth-order valence-corrected chi connectivity index (χ4v) is 2.83. The van der Waals surface area contributed by atoms with E-state index in [1.54, 1.807) is 0 Å². The first kappa shape index (κ1) is 16.0. The van der Waals surface area contributed by atoms with Crippen molar-refractivity contribution in [2.24, 2.45) is 0 Å². The van der Waals surface area contributed by atoms with E-state index in [0.29, 0.717) is 11.9 Å². The molecule has 1 saturated heterocycles. The molecule has 1 aliphatic rings. The lowest BCUT2D eigenvalue weighted by Crippen LogP contribution is -2.40. The molecule has 0 spiro atoms. The predicted octanol–water partition coefficient (Wildman–Crippen LogP) is 2.28. The molecule has 1 aromatic rings. The van der Waals surface area contributed by atoms with E-state index >= 15 is 0 Å². The van der Waals surface area contributed by atoms with Gasteiger partial charge in [-0.2, -0.15) is 0 Å². The Morgan fingerprint density at radius 2 is 2.00 bits per heavy atom. The normalized spacial score (nSPS) is 21.4. The predicted molar refractivity (Wildman–Crippen MR) is 88.7 cm³/mol. The first-order chi connectivity index (χ1) is 9.81. The van der Waals surface area contributed by atoms with Crippen LogP contribution in [-0.2, 0) is 5.41 Å². The van der Waals surface area contributed by atoms with Gasteiger partial charge in [0.05, 0.1) is 0 Å². The summed E-state index contributed by atoms with van der Waals surface area (Å²) in [6.07, 6.45) is 2.26. The standard InChI is InChI=1S/C16H29N5/c1-6-12-11-20(5)8-7-9-21(12)14-10-13(17)18-15(19-14)16(2,3)4/h10,12H,6-9,11H2,1-5H3,(H2,17,18,19). The number of anilines is 2. The van der Waals surface area contributed by atoms with Crippen LogP contribution in [0.25, 0.3) is 0 Å². The number of nitrogens with two attached hydrogens (primary N) is 1. The average molecular weight is 291 g/mol. The van der Waals surface area contributed by atoms with E-state index in [-0.39, 0.29) is 5.41 Å². The van der Waals surface area contributed by atoms with Crippen LogP contribution >= 0.6 is 0 Å². The van der Waals surface area contributed by atoms with Gasteiger partial charge in [-0.25, -0.2) is 9.97 Å². The van der Waals surface area contributed by atoms with Crippen molar-refractivity contribution in [1.29, 1.82) is 0 Å². The second-order valence-electron chi connectivity index (χ2n) is 7.10. The number of aromatic nitrogens is 2. The Morgan fingerprint density at radius 3 is 2.62 bits per heavy atom.